The molecule has 2 aliphatic rings. The van der Waals surface area contributed by atoms with Gasteiger partial charge in [-0.15, -0.1) is 0 Å². The average Bonchev–Trinajstić information content (AvgIpc) is 2.72. The van der Waals surface area contributed by atoms with Crippen molar-refractivity contribution in [3.63, 3.8) is 0 Å². The second-order valence-corrected chi connectivity index (χ2v) is 7.68. The number of fused-ring (bicyclic) bond motifs is 2. The molecular formula is C20H24ClN3S. The lowest BCUT2D eigenvalue weighted by molar-refractivity contribution is 0.153. The van der Waals surface area contributed by atoms with Crippen molar-refractivity contribution in [2.24, 2.45) is 0 Å². The molecule has 0 amide bonds. The van der Waals surface area contributed by atoms with Gasteiger partial charge in [0.2, 0.25) is 0 Å². The molecule has 1 saturated heterocycles. The summed E-state index contributed by atoms with van der Waals surface area (Å²) in [7, 11) is 1.93. The molecule has 25 heavy (non-hydrogen) atoms. The van der Waals surface area contributed by atoms with Crippen LogP contribution < -0.4 is 4.90 Å². The van der Waals surface area contributed by atoms with Crippen molar-refractivity contribution in [2.75, 3.05) is 51.1 Å². The standard InChI is InChI=1S/C20H24ClN3S/c1-22-11-13-23(14-12-22)9-4-10-24-17-5-2-3-6-19(17)25-20-8-7-16(21)15-18(20)24/h2-3,5-8,15H,4,9-14H2,1H3/i4D2,9D2,10D2. The van der Waals surface area contributed by atoms with Gasteiger partial charge in [0.1, 0.15) is 0 Å². The van der Waals surface area contributed by atoms with E-state index in [1.165, 1.54) is 21.6 Å². The number of hydrogen-bond acceptors (Lipinski definition) is 4. The van der Waals surface area contributed by atoms with E-state index >= 15 is 0 Å². The van der Waals surface area contributed by atoms with Gasteiger partial charge in [0.25, 0.3) is 0 Å². The largest absolute Gasteiger partial charge is 0.340 e. The first-order valence-electron chi connectivity index (χ1n) is 11.3. The number of likely N-dealkylation sites (N-methyl/N-ethyl adjacent to an activating group) is 1. The number of halogens is 1. The number of benzene rings is 2. The van der Waals surface area contributed by atoms with Gasteiger partial charge in [0.05, 0.1) is 11.4 Å². The van der Waals surface area contributed by atoms with Crippen LogP contribution in [-0.2, 0) is 0 Å². The van der Waals surface area contributed by atoms with E-state index < -0.39 is 19.4 Å². The molecule has 0 aliphatic carbocycles. The predicted molar refractivity (Wildman–Crippen MR) is 108 cm³/mol. The number of hydrogen-bond donors (Lipinski definition) is 0. The van der Waals surface area contributed by atoms with Crippen molar-refractivity contribution >= 4 is 34.7 Å². The van der Waals surface area contributed by atoms with Crippen LogP contribution in [0.15, 0.2) is 52.3 Å². The predicted octanol–water partition coefficient (Wildman–Crippen LogP) is 4.58. The van der Waals surface area contributed by atoms with Gasteiger partial charge in [-0.2, -0.15) is 0 Å². The number of para-hydroxylation sites is 1. The minimum Gasteiger partial charge on any atom is -0.340 e. The molecule has 0 atom stereocenters. The monoisotopic (exact) mass is 379 g/mol. The van der Waals surface area contributed by atoms with Gasteiger partial charge >= 0.3 is 0 Å². The fourth-order valence-corrected chi connectivity index (χ4v) is 4.13. The van der Waals surface area contributed by atoms with Crippen LogP contribution in [0.3, 0.4) is 0 Å². The molecule has 0 spiro atoms. The third-order valence-corrected chi connectivity index (χ3v) is 5.74. The summed E-state index contributed by atoms with van der Waals surface area (Å²) < 4.78 is 52.8. The Labute approximate surface area is 168 Å². The topological polar surface area (TPSA) is 9.72 Å². The molecule has 4 rings (SSSR count). The summed E-state index contributed by atoms with van der Waals surface area (Å²) in [4.78, 5) is 6.25. The van der Waals surface area contributed by atoms with Gasteiger partial charge in [-0.1, -0.05) is 35.5 Å². The lowest BCUT2D eigenvalue weighted by Gasteiger charge is -2.35. The third kappa shape index (κ3) is 3.82. The molecule has 0 unspecified atom stereocenters. The molecule has 0 N–H and O–H groups in total. The Hall–Kier alpha value is -1.20. The van der Waals surface area contributed by atoms with Gasteiger partial charge in [-0.25, -0.2) is 0 Å². The summed E-state index contributed by atoms with van der Waals surface area (Å²) in [6.07, 6.45) is -2.87. The van der Waals surface area contributed by atoms with Gasteiger partial charge in [-0.05, 0) is 50.2 Å². The van der Waals surface area contributed by atoms with Gasteiger partial charge in [0.15, 0.2) is 0 Å². The molecular weight excluding hydrogens is 350 g/mol. The van der Waals surface area contributed by atoms with Crippen LogP contribution in [0.2, 0.25) is 5.02 Å². The first-order valence-corrected chi connectivity index (χ1v) is 9.46. The summed E-state index contributed by atoms with van der Waals surface area (Å²) in [5.74, 6) is 0. The van der Waals surface area contributed by atoms with Gasteiger partial charge < -0.3 is 14.7 Å². The highest BCUT2D eigenvalue weighted by molar-refractivity contribution is 7.99. The smallest absolute Gasteiger partial charge is 0.0567 e. The van der Waals surface area contributed by atoms with Crippen LogP contribution in [0.4, 0.5) is 11.4 Å². The molecule has 0 bridgehead atoms. The zero-order valence-corrected chi connectivity index (χ0v) is 15.6. The van der Waals surface area contributed by atoms with Crippen LogP contribution in [0.25, 0.3) is 0 Å². The molecule has 0 aromatic heterocycles. The molecule has 1 fully saturated rings. The molecule has 132 valence electrons. The average molecular weight is 380 g/mol. The number of rotatable bonds is 4. The molecule has 3 nitrogen and oxygen atoms in total. The summed E-state index contributed by atoms with van der Waals surface area (Å²) >= 11 is 7.68. The number of anilines is 2. The molecule has 0 radical (unpaired) electrons. The van der Waals surface area contributed by atoms with E-state index in [-0.39, 0.29) is 0 Å². The van der Waals surface area contributed by atoms with E-state index in [9.17, 15) is 0 Å². The van der Waals surface area contributed by atoms with Crippen molar-refractivity contribution < 1.29 is 8.22 Å². The Morgan fingerprint density at radius 1 is 1.00 bits per heavy atom. The van der Waals surface area contributed by atoms with E-state index in [1.807, 2.05) is 24.1 Å². The fraction of sp³-hybridized carbons (Fsp3) is 0.400. The van der Waals surface area contributed by atoms with E-state index in [1.54, 1.807) is 30.3 Å². The molecule has 2 aromatic carbocycles. The Balaban J connectivity index is 1.81. The fourth-order valence-electron chi connectivity index (χ4n) is 2.93. The Morgan fingerprint density at radius 3 is 2.60 bits per heavy atom. The minimum absolute atomic E-state index is 0.327. The van der Waals surface area contributed by atoms with Crippen LogP contribution >= 0.6 is 23.4 Å². The molecule has 2 heterocycles. The van der Waals surface area contributed by atoms with E-state index in [4.69, 9.17) is 19.8 Å². The second kappa shape index (κ2) is 7.58. The molecule has 2 aromatic rings. The van der Waals surface area contributed by atoms with E-state index in [2.05, 4.69) is 0 Å². The highest BCUT2D eigenvalue weighted by atomic mass is 35.5. The maximum atomic E-state index is 8.96. The van der Waals surface area contributed by atoms with Crippen molar-refractivity contribution in [1.82, 2.24) is 9.80 Å². The summed E-state index contributed by atoms with van der Waals surface area (Å²) in [5.41, 5.74) is 0.921. The molecule has 2 aliphatic heterocycles. The maximum absolute atomic E-state index is 8.96. The van der Waals surface area contributed by atoms with Gasteiger partial charge in [-0.3, -0.25) is 0 Å². The van der Waals surface area contributed by atoms with Crippen molar-refractivity contribution in [1.29, 1.82) is 0 Å². The Bertz CT molecular complexity index is 981. The van der Waals surface area contributed by atoms with Crippen molar-refractivity contribution in [2.45, 2.75) is 16.2 Å². The van der Waals surface area contributed by atoms with Gasteiger partial charge in [0, 0.05) is 55.7 Å². The highest BCUT2D eigenvalue weighted by Crippen LogP contribution is 2.48. The zero-order chi connectivity index (χ0) is 22.6. The maximum Gasteiger partial charge on any atom is 0.0567 e. The third-order valence-electron chi connectivity index (χ3n) is 4.37. The quantitative estimate of drug-likeness (QED) is 0.768. The number of nitrogens with zero attached hydrogens (tertiary/aromatic N) is 3. The Morgan fingerprint density at radius 2 is 1.76 bits per heavy atom. The Kier molecular flexibility index (Phi) is 3.49. The van der Waals surface area contributed by atoms with E-state index in [0.717, 1.165) is 9.79 Å². The minimum atomic E-state index is -2.87. The lowest BCUT2D eigenvalue weighted by Crippen LogP contribution is -2.45. The normalized spacial score (nSPS) is 23.4. The van der Waals surface area contributed by atoms with Crippen molar-refractivity contribution in [3.8, 4) is 0 Å². The first-order chi connectivity index (χ1) is 14.5. The molecule has 0 saturated carbocycles. The summed E-state index contributed by atoms with van der Waals surface area (Å²) in [6.45, 7) is -3.39. The van der Waals surface area contributed by atoms with Crippen LogP contribution in [0.1, 0.15) is 14.6 Å². The SMILES string of the molecule is [2H]C([2H])(N1CCN(C)CC1)C([2H])([2H])C([2H])([2H])N1c2ccccc2Sc2ccc(Cl)cc21. The lowest BCUT2D eigenvalue weighted by atomic mass is 10.2. The highest BCUT2D eigenvalue weighted by Gasteiger charge is 2.23. The number of piperazine rings is 1. The first kappa shape index (κ1) is 11.5. The summed E-state index contributed by atoms with van der Waals surface area (Å²) in [5, 5.41) is 0.405. The van der Waals surface area contributed by atoms with Crippen LogP contribution in [-0.4, -0.2) is 56.0 Å². The van der Waals surface area contributed by atoms with Crippen molar-refractivity contribution in [3.05, 3.63) is 47.5 Å². The molecule has 5 heteroatoms. The van der Waals surface area contributed by atoms with Crippen LogP contribution in [0, 0.1) is 0 Å². The van der Waals surface area contributed by atoms with E-state index in [0.29, 0.717) is 42.6 Å². The second-order valence-electron chi connectivity index (χ2n) is 6.16. The van der Waals surface area contributed by atoms with Crippen LogP contribution in [0.5, 0.6) is 0 Å². The zero-order valence-electron chi connectivity index (χ0n) is 20.0. The summed E-state index contributed by atoms with van der Waals surface area (Å²) in [6, 6.07) is 12.3.